The Morgan fingerprint density at radius 1 is 1.38 bits per heavy atom. The molecule has 2 fully saturated rings. The van der Waals surface area contributed by atoms with Gasteiger partial charge in [0.25, 0.3) is 0 Å². The van der Waals surface area contributed by atoms with Gasteiger partial charge in [-0.25, -0.2) is 0 Å². The molecule has 2 atom stereocenters. The summed E-state index contributed by atoms with van der Waals surface area (Å²) in [5, 5.41) is 0. The molecule has 2 saturated heterocycles. The molecular weight excluding hydrogens is 168 g/mol. The Labute approximate surface area is 78.0 Å². The molecule has 0 saturated carbocycles. The average Bonchev–Trinajstić information content (AvgIpc) is 2.07. The zero-order chi connectivity index (χ0) is 9.26. The summed E-state index contributed by atoms with van der Waals surface area (Å²) < 4.78 is 5.35. The molecule has 13 heavy (non-hydrogen) atoms. The van der Waals surface area contributed by atoms with E-state index in [0.717, 1.165) is 19.6 Å². The van der Waals surface area contributed by atoms with Crippen LogP contribution < -0.4 is 5.73 Å². The number of nitrogens with zero attached hydrogens (tertiary/aromatic N) is 1. The third kappa shape index (κ3) is 1.75. The Morgan fingerprint density at radius 3 is 2.54 bits per heavy atom. The maximum Gasteiger partial charge on any atom is 0.146 e. The number of carbonyl (C=O) groups excluding carboxylic acids is 1. The van der Waals surface area contributed by atoms with Crippen LogP contribution in [0.3, 0.4) is 0 Å². The summed E-state index contributed by atoms with van der Waals surface area (Å²) in [4.78, 5) is 13.9. The number of hydrogen-bond donors (Lipinski definition) is 1. The van der Waals surface area contributed by atoms with Crippen LogP contribution in [0.15, 0.2) is 0 Å². The van der Waals surface area contributed by atoms with Crippen LogP contribution in [0, 0.1) is 11.8 Å². The first-order chi connectivity index (χ1) is 6.31. The van der Waals surface area contributed by atoms with Crippen molar-refractivity contribution in [3.63, 3.8) is 0 Å². The molecule has 0 aromatic rings. The van der Waals surface area contributed by atoms with E-state index in [-0.39, 0.29) is 11.8 Å². The predicted octanol–water partition coefficient (Wildman–Crippen LogP) is -0.908. The highest BCUT2D eigenvalue weighted by molar-refractivity contribution is 5.85. The summed E-state index contributed by atoms with van der Waals surface area (Å²) in [5.41, 5.74) is 5.49. The number of likely N-dealkylation sites (tertiary alicyclic amines) is 1. The first-order valence-electron chi connectivity index (χ1n) is 4.85. The Morgan fingerprint density at radius 2 is 2.00 bits per heavy atom. The first kappa shape index (κ1) is 9.12. The first-order valence-corrected chi connectivity index (χ1v) is 4.85. The Kier molecular flexibility index (Phi) is 2.62. The zero-order valence-electron chi connectivity index (χ0n) is 7.74. The van der Waals surface area contributed by atoms with E-state index >= 15 is 0 Å². The van der Waals surface area contributed by atoms with Crippen LogP contribution in [-0.2, 0) is 9.53 Å². The summed E-state index contributed by atoms with van der Waals surface area (Å²) in [6, 6.07) is 0. The van der Waals surface area contributed by atoms with E-state index in [1.165, 1.54) is 0 Å². The quantitative estimate of drug-likeness (QED) is 0.604. The van der Waals surface area contributed by atoms with Crippen LogP contribution in [0.25, 0.3) is 0 Å². The molecule has 0 aromatic heterocycles. The summed E-state index contributed by atoms with van der Waals surface area (Å²) in [6.45, 7) is 4.47. The summed E-state index contributed by atoms with van der Waals surface area (Å²) in [5.74, 6) is 0.623. The number of piperidine rings is 1. The normalized spacial score (nSPS) is 35.0. The van der Waals surface area contributed by atoms with Crippen molar-refractivity contribution < 1.29 is 9.53 Å². The van der Waals surface area contributed by atoms with Crippen LogP contribution in [0.4, 0.5) is 0 Å². The Balaban J connectivity index is 1.99. The second-order valence-corrected chi connectivity index (χ2v) is 3.88. The summed E-state index contributed by atoms with van der Waals surface area (Å²) in [7, 11) is 0. The number of rotatable bonds is 2. The molecule has 2 aliphatic heterocycles. The van der Waals surface area contributed by atoms with E-state index < -0.39 is 0 Å². The van der Waals surface area contributed by atoms with Gasteiger partial charge >= 0.3 is 0 Å². The van der Waals surface area contributed by atoms with Crippen molar-refractivity contribution in [2.75, 3.05) is 39.4 Å². The standard InChI is InChI=1S/C9H16N2O2/c10-1-2-11-3-7-5-13-6-8(4-11)9(7)12/h7-8H,1-6,10H2. The SMILES string of the molecule is NCCN1CC2COCC(C1)C2=O. The van der Waals surface area contributed by atoms with E-state index in [2.05, 4.69) is 4.90 Å². The minimum atomic E-state index is 0.110. The lowest BCUT2D eigenvalue weighted by Crippen LogP contribution is -2.53. The Bertz CT molecular complexity index is 192. The van der Waals surface area contributed by atoms with Gasteiger partial charge in [0.15, 0.2) is 0 Å². The highest BCUT2D eigenvalue weighted by Gasteiger charge is 2.38. The lowest BCUT2D eigenvalue weighted by molar-refractivity contribution is -0.144. The largest absolute Gasteiger partial charge is 0.380 e. The maximum absolute atomic E-state index is 11.6. The monoisotopic (exact) mass is 184 g/mol. The van der Waals surface area contributed by atoms with Gasteiger partial charge in [0.05, 0.1) is 25.0 Å². The van der Waals surface area contributed by atoms with Gasteiger partial charge in [-0.1, -0.05) is 0 Å². The second kappa shape index (κ2) is 3.74. The fraction of sp³-hybridized carbons (Fsp3) is 0.889. The van der Waals surface area contributed by atoms with Crippen molar-refractivity contribution in [3.05, 3.63) is 0 Å². The van der Waals surface area contributed by atoms with Crippen LogP contribution in [0.1, 0.15) is 0 Å². The number of nitrogens with two attached hydrogens (primary N) is 1. The number of fused-ring (bicyclic) bond motifs is 2. The maximum atomic E-state index is 11.6. The van der Waals surface area contributed by atoms with Crippen LogP contribution in [0.2, 0.25) is 0 Å². The smallest absolute Gasteiger partial charge is 0.146 e. The van der Waals surface area contributed by atoms with Gasteiger partial charge in [0, 0.05) is 26.2 Å². The van der Waals surface area contributed by atoms with E-state index in [1.807, 2.05) is 0 Å². The molecule has 2 aliphatic rings. The van der Waals surface area contributed by atoms with Gasteiger partial charge in [-0.05, 0) is 0 Å². The fourth-order valence-corrected chi connectivity index (χ4v) is 2.20. The minimum Gasteiger partial charge on any atom is -0.380 e. The Hall–Kier alpha value is -0.450. The molecule has 74 valence electrons. The molecule has 0 spiro atoms. The minimum absolute atomic E-state index is 0.110. The third-order valence-electron chi connectivity index (χ3n) is 2.85. The molecule has 0 aliphatic carbocycles. The number of hydrogen-bond acceptors (Lipinski definition) is 4. The molecule has 4 nitrogen and oxygen atoms in total. The van der Waals surface area contributed by atoms with Crippen molar-refractivity contribution in [3.8, 4) is 0 Å². The van der Waals surface area contributed by atoms with Crippen molar-refractivity contribution in [1.29, 1.82) is 0 Å². The van der Waals surface area contributed by atoms with Gasteiger partial charge in [-0.15, -0.1) is 0 Å². The number of ether oxygens (including phenoxy) is 1. The van der Waals surface area contributed by atoms with Crippen LogP contribution in [-0.4, -0.2) is 50.1 Å². The summed E-state index contributed by atoms with van der Waals surface area (Å²) >= 11 is 0. The molecule has 2 heterocycles. The van der Waals surface area contributed by atoms with Gasteiger partial charge < -0.3 is 15.4 Å². The zero-order valence-corrected chi connectivity index (χ0v) is 7.74. The van der Waals surface area contributed by atoms with E-state index in [9.17, 15) is 4.79 Å². The fourth-order valence-electron chi connectivity index (χ4n) is 2.20. The third-order valence-corrected chi connectivity index (χ3v) is 2.85. The highest BCUT2D eigenvalue weighted by Crippen LogP contribution is 2.23. The van der Waals surface area contributed by atoms with Crippen LogP contribution in [0.5, 0.6) is 0 Å². The number of Topliss-reactive ketones (excluding diaryl/α,β-unsaturated/α-hetero) is 1. The van der Waals surface area contributed by atoms with Crippen molar-refractivity contribution in [2.45, 2.75) is 0 Å². The van der Waals surface area contributed by atoms with Gasteiger partial charge in [0.1, 0.15) is 5.78 Å². The molecule has 2 bridgehead atoms. The van der Waals surface area contributed by atoms with Gasteiger partial charge in [0.2, 0.25) is 0 Å². The summed E-state index contributed by atoms with van der Waals surface area (Å²) in [6.07, 6.45) is 0. The second-order valence-electron chi connectivity index (χ2n) is 3.88. The predicted molar refractivity (Wildman–Crippen MR) is 48.3 cm³/mol. The molecule has 2 unspecified atom stereocenters. The lowest BCUT2D eigenvalue weighted by atomic mass is 9.86. The number of carbonyl (C=O) groups is 1. The van der Waals surface area contributed by atoms with Gasteiger partial charge in [-0.2, -0.15) is 0 Å². The molecule has 2 rings (SSSR count). The molecule has 2 N–H and O–H groups in total. The average molecular weight is 184 g/mol. The molecule has 4 heteroatoms. The van der Waals surface area contributed by atoms with E-state index in [0.29, 0.717) is 25.5 Å². The van der Waals surface area contributed by atoms with Crippen LogP contribution >= 0.6 is 0 Å². The topological polar surface area (TPSA) is 55.6 Å². The molecular formula is C9H16N2O2. The van der Waals surface area contributed by atoms with Crippen molar-refractivity contribution >= 4 is 5.78 Å². The molecule has 0 aromatic carbocycles. The molecule has 0 amide bonds. The van der Waals surface area contributed by atoms with E-state index in [4.69, 9.17) is 10.5 Å². The highest BCUT2D eigenvalue weighted by atomic mass is 16.5. The molecule has 0 radical (unpaired) electrons. The number of ketones is 1. The lowest BCUT2D eigenvalue weighted by Gasteiger charge is -2.39. The van der Waals surface area contributed by atoms with Crippen molar-refractivity contribution in [2.24, 2.45) is 17.6 Å². The van der Waals surface area contributed by atoms with E-state index in [1.54, 1.807) is 0 Å². The van der Waals surface area contributed by atoms with Crippen molar-refractivity contribution in [1.82, 2.24) is 4.90 Å². The van der Waals surface area contributed by atoms with Gasteiger partial charge in [-0.3, -0.25) is 4.79 Å².